The van der Waals surface area contributed by atoms with Crippen LogP contribution in [0.1, 0.15) is 125 Å². The highest BCUT2D eigenvalue weighted by molar-refractivity contribution is 7.90. The topological polar surface area (TPSA) is 29.2 Å². The maximum absolute atomic E-state index is 2.57. The van der Waals surface area contributed by atoms with Gasteiger partial charge in [0.25, 0.3) is 34.4 Å². The zero-order valence-electron chi connectivity index (χ0n) is 37.1. The van der Waals surface area contributed by atoms with E-state index in [0.717, 1.165) is 118 Å². The highest BCUT2D eigenvalue weighted by Gasteiger charge is 2.41. The minimum atomic E-state index is 0. The molecule has 0 aliphatic carbocycles. The SMILES string of the molecule is CCN(CC)[S+](N(CC)CC)N(CC)CC.CCN(CC)[S+](N(CC)CC)N(CC)CC.CCN(CC)[S+](N(CC)CC)N(CC)CC.[F-].[F-].[F-]. The molecular weight excluding hydrogens is 712 g/mol. The van der Waals surface area contributed by atoms with Gasteiger partial charge in [-0.1, -0.05) is 38.7 Å². The number of nitrogens with zero attached hydrogens (tertiary/aromatic N) is 9. The molecule has 0 saturated heterocycles. The summed E-state index contributed by atoms with van der Waals surface area (Å²) >= 11 is 0.486. The first-order chi connectivity index (χ1) is 23.1. The third kappa shape index (κ3) is 22.6. The summed E-state index contributed by atoms with van der Waals surface area (Å²) in [4.78, 5) is 0. The lowest BCUT2D eigenvalue weighted by Crippen LogP contribution is -3.00. The van der Waals surface area contributed by atoms with E-state index in [1.165, 1.54) is 0 Å². The van der Waals surface area contributed by atoms with E-state index >= 15 is 0 Å². The van der Waals surface area contributed by atoms with E-state index in [0.29, 0.717) is 0 Å². The van der Waals surface area contributed by atoms with Gasteiger partial charge in [-0.15, -0.1) is 0 Å². The highest BCUT2D eigenvalue weighted by atomic mass is 32.2. The van der Waals surface area contributed by atoms with Crippen LogP contribution in [0.5, 0.6) is 0 Å². The van der Waals surface area contributed by atoms with E-state index in [1.807, 2.05) is 0 Å². The Labute approximate surface area is 328 Å². The molecule has 0 aromatic rings. The molecule has 0 bridgehead atoms. The normalized spacial score (nSPS) is 11.6. The highest BCUT2D eigenvalue weighted by Crippen LogP contribution is 2.18. The maximum Gasteiger partial charge on any atom is 0.267 e. The van der Waals surface area contributed by atoms with Crippen molar-refractivity contribution in [3.63, 3.8) is 0 Å². The van der Waals surface area contributed by atoms with E-state index in [2.05, 4.69) is 163 Å². The van der Waals surface area contributed by atoms with Gasteiger partial charge in [-0.2, -0.15) is 0 Å². The zero-order chi connectivity index (χ0) is 37.7. The first-order valence-electron chi connectivity index (χ1n) is 20.1. The predicted octanol–water partition coefficient (Wildman–Crippen LogP) is -1.86. The van der Waals surface area contributed by atoms with E-state index in [-0.39, 0.29) is 48.5 Å². The van der Waals surface area contributed by atoms with Crippen LogP contribution in [0.15, 0.2) is 0 Å². The molecule has 0 radical (unpaired) electrons. The summed E-state index contributed by atoms with van der Waals surface area (Å²) in [6, 6.07) is 0. The van der Waals surface area contributed by atoms with Crippen LogP contribution in [0.4, 0.5) is 0 Å². The average molecular weight is 802 g/mol. The Bertz CT molecular complexity index is 479. The molecule has 0 saturated carbocycles. The van der Waals surface area contributed by atoms with Gasteiger partial charge in [0, 0.05) is 118 Å². The molecule has 9 nitrogen and oxygen atoms in total. The maximum atomic E-state index is 2.57. The molecule has 0 aromatic heterocycles. The zero-order valence-corrected chi connectivity index (χ0v) is 39.6. The molecule has 318 valence electrons. The first kappa shape index (κ1) is 63.4. The van der Waals surface area contributed by atoms with Crippen LogP contribution in [0.2, 0.25) is 0 Å². The van der Waals surface area contributed by atoms with Crippen molar-refractivity contribution in [3.05, 3.63) is 0 Å². The lowest BCUT2D eigenvalue weighted by Gasteiger charge is -2.30. The standard InChI is InChI=1S/3C12H30N3S.3FH/c3*1-7-13(8-2)16(14(9-3)10-4)15(11-5)12-6;;;/h3*7-12H2,1-6H3;3*1H/q3*+1;;;/p-3. The van der Waals surface area contributed by atoms with Crippen molar-refractivity contribution in [1.29, 1.82) is 0 Å². The smallest absolute Gasteiger partial charge is 0.267 e. The molecule has 0 atom stereocenters. The lowest BCUT2D eigenvalue weighted by atomic mass is 10.7. The summed E-state index contributed by atoms with van der Waals surface area (Å²) in [6.07, 6.45) is 0. The van der Waals surface area contributed by atoms with Crippen molar-refractivity contribution >= 4 is 34.4 Å². The molecule has 0 amide bonds. The third-order valence-corrected chi connectivity index (χ3v) is 17.2. The second-order valence-electron chi connectivity index (χ2n) is 10.8. The van der Waals surface area contributed by atoms with Gasteiger partial charge in [0.1, 0.15) is 0 Å². The van der Waals surface area contributed by atoms with Gasteiger partial charge >= 0.3 is 0 Å². The molecular formula is C36H90F3N9S3. The number of rotatable bonds is 27. The minimum Gasteiger partial charge on any atom is -1.00 e. The second kappa shape index (κ2) is 41.6. The Morgan fingerprint density at radius 2 is 0.235 bits per heavy atom. The Morgan fingerprint density at radius 1 is 0.176 bits per heavy atom. The van der Waals surface area contributed by atoms with E-state index in [1.54, 1.807) is 0 Å². The van der Waals surface area contributed by atoms with Crippen LogP contribution >= 0.6 is 0 Å². The largest absolute Gasteiger partial charge is 1.00 e. The fraction of sp³-hybridized carbons (Fsp3) is 1.00. The van der Waals surface area contributed by atoms with Gasteiger partial charge in [-0.25, -0.2) is 0 Å². The summed E-state index contributed by atoms with van der Waals surface area (Å²) in [5.74, 6) is 0. The third-order valence-electron chi connectivity index (χ3n) is 8.43. The van der Waals surface area contributed by atoms with Crippen molar-refractivity contribution in [2.45, 2.75) is 125 Å². The molecule has 0 rings (SSSR count). The van der Waals surface area contributed by atoms with Crippen molar-refractivity contribution in [1.82, 2.24) is 38.7 Å². The Balaban J connectivity index is -0.000000145. The molecule has 0 spiro atoms. The van der Waals surface area contributed by atoms with Crippen molar-refractivity contribution < 1.29 is 14.1 Å². The molecule has 0 aliphatic rings. The molecule has 0 aliphatic heterocycles. The molecule has 0 unspecified atom stereocenters. The second-order valence-corrected chi connectivity index (χ2v) is 16.9. The lowest BCUT2D eigenvalue weighted by molar-refractivity contribution is -0.001000. The first-order valence-corrected chi connectivity index (χ1v) is 23.3. The quantitative estimate of drug-likeness (QED) is 0.0889. The fourth-order valence-electron chi connectivity index (χ4n) is 5.56. The van der Waals surface area contributed by atoms with Crippen LogP contribution in [0, 0.1) is 0 Å². The van der Waals surface area contributed by atoms with Crippen molar-refractivity contribution in [2.75, 3.05) is 118 Å². The Hall–Kier alpha value is 0.480. The summed E-state index contributed by atoms with van der Waals surface area (Å²) in [6.45, 7) is 61.1. The molecule has 0 fully saturated rings. The molecule has 0 aromatic carbocycles. The molecule has 51 heavy (non-hydrogen) atoms. The summed E-state index contributed by atoms with van der Waals surface area (Å²) in [5, 5.41) is 0. The molecule has 0 heterocycles. The van der Waals surface area contributed by atoms with Crippen LogP contribution in [-0.4, -0.2) is 157 Å². The van der Waals surface area contributed by atoms with Crippen LogP contribution in [0.25, 0.3) is 0 Å². The van der Waals surface area contributed by atoms with Gasteiger partial charge < -0.3 is 14.1 Å². The summed E-state index contributed by atoms with van der Waals surface area (Å²) in [7, 11) is 0. The van der Waals surface area contributed by atoms with E-state index in [4.69, 9.17) is 0 Å². The Kier molecular flexibility index (Phi) is 51.8. The number of hydrogen-bond acceptors (Lipinski definition) is 9. The van der Waals surface area contributed by atoms with Gasteiger partial charge in [0.05, 0.1) is 0 Å². The predicted molar refractivity (Wildman–Crippen MR) is 228 cm³/mol. The van der Waals surface area contributed by atoms with E-state index < -0.39 is 0 Å². The van der Waals surface area contributed by atoms with Crippen LogP contribution < -0.4 is 14.1 Å². The van der Waals surface area contributed by atoms with Gasteiger partial charge in [0.15, 0.2) is 0 Å². The van der Waals surface area contributed by atoms with Crippen LogP contribution in [0.3, 0.4) is 0 Å². The minimum absolute atomic E-state index is 0. The summed E-state index contributed by atoms with van der Waals surface area (Å²) < 4.78 is 23.1. The van der Waals surface area contributed by atoms with Gasteiger partial charge in [0.2, 0.25) is 0 Å². The monoisotopic (exact) mass is 802 g/mol. The van der Waals surface area contributed by atoms with Crippen molar-refractivity contribution in [2.24, 2.45) is 0 Å². The number of hydrogen-bond donors (Lipinski definition) is 0. The fourth-order valence-corrected chi connectivity index (χ4v) is 12.7. The van der Waals surface area contributed by atoms with Gasteiger partial charge in [-0.05, 0) is 125 Å². The average Bonchev–Trinajstić information content (AvgIpc) is 3.12. The summed E-state index contributed by atoms with van der Waals surface area (Å²) in [5.41, 5.74) is 0. The number of halogens is 3. The van der Waals surface area contributed by atoms with Crippen LogP contribution in [-0.2, 0) is 34.4 Å². The molecule has 0 N–H and O–H groups in total. The van der Waals surface area contributed by atoms with Crippen molar-refractivity contribution in [3.8, 4) is 0 Å². The van der Waals surface area contributed by atoms with E-state index in [9.17, 15) is 0 Å². The molecule has 15 heteroatoms. The van der Waals surface area contributed by atoms with Gasteiger partial charge in [-0.3, -0.25) is 0 Å². The Morgan fingerprint density at radius 3 is 0.275 bits per heavy atom.